The number of fused-ring (bicyclic) bond motifs is 3. The zero-order valence-corrected chi connectivity index (χ0v) is 21.7. The van der Waals surface area contributed by atoms with Gasteiger partial charge in [0.1, 0.15) is 35.9 Å². The quantitative estimate of drug-likeness (QED) is 0.365. The maximum atomic E-state index is 16.2. The van der Waals surface area contributed by atoms with E-state index >= 15 is 4.39 Å². The summed E-state index contributed by atoms with van der Waals surface area (Å²) in [6.45, 7) is 2.84. The van der Waals surface area contributed by atoms with Gasteiger partial charge in [0.2, 0.25) is 5.88 Å². The molecular weight excluding hydrogens is 531 g/mol. The number of anilines is 1. The van der Waals surface area contributed by atoms with Crippen LogP contribution in [0.2, 0.25) is 0 Å². The second-order valence-electron chi connectivity index (χ2n) is 10.4. The molecule has 1 aromatic carbocycles. The van der Waals surface area contributed by atoms with Crippen LogP contribution in [-0.2, 0) is 0 Å². The molecule has 3 aliphatic heterocycles. The summed E-state index contributed by atoms with van der Waals surface area (Å²) in [5.74, 6) is -1.07. The van der Waals surface area contributed by atoms with E-state index in [1.165, 1.54) is 18.3 Å². The Hall–Kier alpha value is -3.29. The highest BCUT2D eigenvalue weighted by atomic mass is 32.1. The van der Waals surface area contributed by atoms with Crippen molar-refractivity contribution in [2.24, 2.45) is 0 Å². The predicted molar refractivity (Wildman–Crippen MR) is 141 cm³/mol. The average molecular weight is 558 g/mol. The van der Waals surface area contributed by atoms with Crippen LogP contribution in [0.5, 0.6) is 11.9 Å². The molecule has 3 fully saturated rings. The fourth-order valence-electron chi connectivity index (χ4n) is 6.07. The van der Waals surface area contributed by atoms with E-state index in [4.69, 9.17) is 15.2 Å². The Bertz CT molecular complexity index is 1580. The number of alkyl halides is 1. The molecule has 0 spiro atoms. The minimum absolute atomic E-state index is 0.0396. The van der Waals surface area contributed by atoms with Gasteiger partial charge >= 0.3 is 6.01 Å². The monoisotopic (exact) mass is 557 g/mol. The number of pyridine rings is 1. The molecule has 39 heavy (non-hydrogen) atoms. The number of nitrogens with two attached hydrogens (primary N) is 1. The molecule has 4 aromatic rings. The molecule has 3 saturated heterocycles. The average Bonchev–Trinajstić information content (AvgIpc) is 3.69. The second-order valence-corrected chi connectivity index (χ2v) is 11.4. The SMILES string of the molecule is Nc1nc2c(-c3ncc4c(O[C@@H]5CCNC5)nc(OC[C@@]56CCCN5C[C@H](F)C6)nc4c3F)ccc(F)c2s1. The first-order chi connectivity index (χ1) is 18.9. The van der Waals surface area contributed by atoms with E-state index in [9.17, 15) is 8.78 Å². The fraction of sp³-hybridized carbons (Fsp3) is 0.462. The van der Waals surface area contributed by atoms with Crippen LogP contribution in [0.1, 0.15) is 25.7 Å². The van der Waals surface area contributed by atoms with Gasteiger partial charge in [0, 0.05) is 31.3 Å². The zero-order chi connectivity index (χ0) is 26.7. The van der Waals surface area contributed by atoms with Crippen molar-refractivity contribution in [3.8, 4) is 23.1 Å². The molecule has 3 N–H and O–H groups in total. The molecule has 9 nitrogen and oxygen atoms in total. The molecule has 0 radical (unpaired) electrons. The van der Waals surface area contributed by atoms with Crippen molar-refractivity contribution < 1.29 is 22.6 Å². The van der Waals surface area contributed by atoms with Gasteiger partial charge in [-0.05, 0) is 44.5 Å². The van der Waals surface area contributed by atoms with Crippen molar-refractivity contribution in [1.82, 2.24) is 30.2 Å². The van der Waals surface area contributed by atoms with Crippen LogP contribution in [0.3, 0.4) is 0 Å². The topological polar surface area (TPSA) is 111 Å². The number of thiazole rings is 1. The Morgan fingerprint density at radius 3 is 2.95 bits per heavy atom. The number of benzene rings is 1. The summed E-state index contributed by atoms with van der Waals surface area (Å²) in [6, 6.07) is 2.61. The van der Waals surface area contributed by atoms with E-state index in [0.29, 0.717) is 25.1 Å². The lowest BCUT2D eigenvalue weighted by Gasteiger charge is -2.30. The van der Waals surface area contributed by atoms with E-state index in [-0.39, 0.29) is 56.5 Å². The number of aromatic nitrogens is 4. The predicted octanol–water partition coefficient (Wildman–Crippen LogP) is 3.86. The van der Waals surface area contributed by atoms with Gasteiger partial charge in [-0.1, -0.05) is 11.3 Å². The lowest BCUT2D eigenvalue weighted by atomic mass is 9.95. The van der Waals surface area contributed by atoms with Gasteiger partial charge in [-0.2, -0.15) is 9.97 Å². The molecule has 0 bridgehead atoms. The van der Waals surface area contributed by atoms with Crippen molar-refractivity contribution in [3.05, 3.63) is 30.0 Å². The zero-order valence-electron chi connectivity index (χ0n) is 20.9. The van der Waals surface area contributed by atoms with E-state index in [0.717, 1.165) is 43.7 Å². The minimum Gasteiger partial charge on any atom is -0.472 e. The Balaban J connectivity index is 1.31. The van der Waals surface area contributed by atoms with E-state index < -0.39 is 23.3 Å². The highest BCUT2D eigenvalue weighted by Crippen LogP contribution is 2.41. The molecular formula is C26H26F3N7O2S. The van der Waals surface area contributed by atoms with E-state index in [1.54, 1.807) is 0 Å². The van der Waals surface area contributed by atoms with Gasteiger partial charge < -0.3 is 20.5 Å². The minimum atomic E-state index is -0.904. The lowest BCUT2D eigenvalue weighted by Crippen LogP contribution is -2.43. The summed E-state index contributed by atoms with van der Waals surface area (Å²) in [6.07, 6.45) is 3.33. The lowest BCUT2D eigenvalue weighted by molar-refractivity contribution is 0.106. The van der Waals surface area contributed by atoms with Crippen LogP contribution in [0, 0.1) is 11.6 Å². The third-order valence-electron chi connectivity index (χ3n) is 7.92. The molecule has 0 saturated carbocycles. The van der Waals surface area contributed by atoms with Crippen LogP contribution in [0.4, 0.5) is 18.3 Å². The molecule has 204 valence electrons. The maximum Gasteiger partial charge on any atom is 0.320 e. The molecule has 3 aromatic heterocycles. The first-order valence-corrected chi connectivity index (χ1v) is 13.8. The largest absolute Gasteiger partial charge is 0.472 e. The number of rotatable bonds is 6. The molecule has 0 amide bonds. The molecule has 0 unspecified atom stereocenters. The van der Waals surface area contributed by atoms with Gasteiger partial charge in [0.25, 0.3) is 0 Å². The van der Waals surface area contributed by atoms with Crippen LogP contribution in [0.25, 0.3) is 32.4 Å². The summed E-state index contributed by atoms with van der Waals surface area (Å²) in [5.41, 5.74) is 5.84. The molecule has 0 aliphatic carbocycles. The van der Waals surface area contributed by atoms with Crippen molar-refractivity contribution in [2.45, 2.75) is 43.5 Å². The molecule has 6 heterocycles. The summed E-state index contributed by atoms with van der Waals surface area (Å²) >= 11 is 0.985. The summed E-state index contributed by atoms with van der Waals surface area (Å²) in [5, 5.41) is 3.69. The van der Waals surface area contributed by atoms with Crippen molar-refractivity contribution in [2.75, 3.05) is 38.5 Å². The van der Waals surface area contributed by atoms with Crippen molar-refractivity contribution in [1.29, 1.82) is 0 Å². The highest BCUT2D eigenvalue weighted by molar-refractivity contribution is 7.22. The number of halogens is 3. The summed E-state index contributed by atoms with van der Waals surface area (Å²) < 4.78 is 57.3. The molecule has 3 atom stereocenters. The van der Waals surface area contributed by atoms with Crippen LogP contribution in [0.15, 0.2) is 18.3 Å². The summed E-state index contributed by atoms with van der Waals surface area (Å²) in [4.78, 5) is 19.6. The Labute approximate surface area is 225 Å². The van der Waals surface area contributed by atoms with Gasteiger partial charge in [-0.25, -0.2) is 18.2 Å². The Morgan fingerprint density at radius 1 is 1.21 bits per heavy atom. The van der Waals surface area contributed by atoms with Crippen molar-refractivity contribution >= 4 is 37.6 Å². The number of nitrogens with one attached hydrogen (secondary N) is 1. The summed E-state index contributed by atoms with van der Waals surface area (Å²) in [7, 11) is 0. The van der Waals surface area contributed by atoms with Crippen LogP contribution >= 0.6 is 11.3 Å². The van der Waals surface area contributed by atoms with E-state index in [2.05, 4.69) is 30.2 Å². The smallest absolute Gasteiger partial charge is 0.320 e. The standard InChI is InChI=1S/C26H26F3N7O2S/c27-13-8-26(5-1-7-36(26)11-13)12-37-25-34-20-16(23(35-25)38-14-4-6-31-9-14)10-32-19(18(20)29)15-2-3-17(28)22-21(15)33-24(30)39-22/h2-3,10,13-14,31H,1,4-9,11-12H2,(H2,30,33)/t13-,14-,26+/m1/s1. The first-order valence-electron chi connectivity index (χ1n) is 13.0. The third kappa shape index (κ3) is 4.23. The highest BCUT2D eigenvalue weighted by Gasteiger charge is 2.49. The molecule has 3 aliphatic rings. The number of ether oxygens (including phenoxy) is 2. The van der Waals surface area contributed by atoms with Crippen molar-refractivity contribution in [3.63, 3.8) is 0 Å². The molecule has 7 rings (SSSR count). The van der Waals surface area contributed by atoms with Crippen LogP contribution < -0.4 is 20.5 Å². The first kappa shape index (κ1) is 24.7. The number of nitrogens with zero attached hydrogens (tertiary/aromatic N) is 5. The third-order valence-corrected chi connectivity index (χ3v) is 8.81. The fourth-order valence-corrected chi connectivity index (χ4v) is 6.83. The molecule has 13 heteroatoms. The maximum absolute atomic E-state index is 16.2. The Morgan fingerprint density at radius 2 is 2.10 bits per heavy atom. The van der Waals surface area contributed by atoms with Gasteiger partial charge in [-0.15, -0.1) is 0 Å². The number of hydrogen-bond donors (Lipinski definition) is 2. The van der Waals surface area contributed by atoms with Gasteiger partial charge in [0.05, 0.1) is 21.1 Å². The van der Waals surface area contributed by atoms with E-state index in [1.807, 2.05) is 0 Å². The number of nitrogen functional groups attached to an aromatic ring is 1. The number of hydrogen-bond acceptors (Lipinski definition) is 10. The van der Waals surface area contributed by atoms with Gasteiger partial charge in [0.15, 0.2) is 10.9 Å². The van der Waals surface area contributed by atoms with Gasteiger partial charge in [-0.3, -0.25) is 9.88 Å². The Kier molecular flexibility index (Phi) is 5.97. The second kappa shape index (κ2) is 9.42. The van der Waals surface area contributed by atoms with Crippen LogP contribution in [-0.4, -0.2) is 75.4 Å². The normalized spacial score (nSPS) is 25.1.